The fourth-order valence-corrected chi connectivity index (χ4v) is 5.06. The highest BCUT2D eigenvalue weighted by Gasteiger charge is 2.29. The number of hydrogen-bond donors (Lipinski definition) is 1. The number of aliphatic hydroxyl groups excluding tert-OH is 1. The van der Waals surface area contributed by atoms with Gasteiger partial charge >= 0.3 is 0 Å². The number of rotatable bonds is 6. The lowest BCUT2D eigenvalue weighted by molar-refractivity contribution is 0.115. The zero-order valence-corrected chi connectivity index (χ0v) is 14.1. The van der Waals surface area contributed by atoms with Gasteiger partial charge in [-0.1, -0.05) is 42.5 Å². The number of benzene rings is 2. The molecule has 3 nitrogen and oxygen atoms in total. The van der Waals surface area contributed by atoms with Gasteiger partial charge in [0.25, 0.3) is 7.37 Å². The van der Waals surface area contributed by atoms with Gasteiger partial charge in [-0.05, 0) is 35.7 Å². The van der Waals surface area contributed by atoms with Gasteiger partial charge in [0.2, 0.25) is 0 Å². The van der Waals surface area contributed by atoms with E-state index in [1.54, 1.807) is 24.3 Å². The highest BCUT2D eigenvalue weighted by Crippen LogP contribution is 2.45. The van der Waals surface area contributed by atoms with E-state index in [2.05, 4.69) is 0 Å². The quantitative estimate of drug-likeness (QED) is 0.693. The molecule has 0 saturated carbocycles. The zero-order valence-electron chi connectivity index (χ0n) is 12.4. The molecule has 0 spiro atoms. The summed E-state index contributed by atoms with van der Waals surface area (Å²) in [7, 11) is -3.24. The molecule has 0 amide bonds. The summed E-state index contributed by atoms with van der Waals surface area (Å²) in [6.45, 7) is -0.0123. The summed E-state index contributed by atoms with van der Waals surface area (Å²) in [5, 5.41) is 13.4. The lowest BCUT2D eigenvalue weighted by Crippen LogP contribution is -2.20. The van der Waals surface area contributed by atoms with Gasteiger partial charge in [0.1, 0.15) is 6.10 Å². The van der Waals surface area contributed by atoms with Crippen molar-refractivity contribution in [3.8, 4) is 0 Å². The van der Waals surface area contributed by atoms with Crippen LogP contribution >= 0.6 is 18.7 Å². The van der Waals surface area contributed by atoms with Crippen LogP contribution in [0, 0.1) is 0 Å². The first-order valence-corrected chi connectivity index (χ1v) is 9.78. The molecular formula is C18H17O3PS. The van der Waals surface area contributed by atoms with Crippen molar-refractivity contribution in [2.45, 2.75) is 6.10 Å². The van der Waals surface area contributed by atoms with Crippen LogP contribution in [-0.4, -0.2) is 11.7 Å². The molecule has 0 radical (unpaired) electrons. The molecule has 1 atom stereocenters. The van der Waals surface area contributed by atoms with Crippen molar-refractivity contribution in [1.29, 1.82) is 0 Å². The Morgan fingerprint density at radius 1 is 0.913 bits per heavy atom. The highest BCUT2D eigenvalue weighted by atomic mass is 32.1. The van der Waals surface area contributed by atoms with Crippen molar-refractivity contribution in [3.63, 3.8) is 0 Å². The standard InChI is InChI=1S/C18H17O3PS/c19-17(18-12-7-13-23-18)14-21-22(20,15-8-3-1-4-9-15)16-10-5-2-6-11-16/h1-13,17,19H,14H2/t17-/m0/s1. The largest absolute Gasteiger partial charge is 0.385 e. The highest BCUT2D eigenvalue weighted by molar-refractivity contribution is 7.74. The second-order valence-electron chi connectivity index (χ2n) is 5.05. The molecule has 1 N–H and O–H groups in total. The summed E-state index contributed by atoms with van der Waals surface area (Å²) in [6.07, 6.45) is -0.782. The van der Waals surface area contributed by atoms with Gasteiger partial charge in [0.15, 0.2) is 0 Å². The minimum atomic E-state index is -3.24. The fourth-order valence-electron chi connectivity index (χ4n) is 2.29. The van der Waals surface area contributed by atoms with Gasteiger partial charge < -0.3 is 9.63 Å². The van der Waals surface area contributed by atoms with E-state index in [0.29, 0.717) is 10.6 Å². The fraction of sp³-hybridized carbons (Fsp3) is 0.111. The Bertz CT molecular complexity index is 729. The van der Waals surface area contributed by atoms with Gasteiger partial charge in [-0.15, -0.1) is 11.3 Å². The van der Waals surface area contributed by atoms with Crippen LogP contribution in [0.5, 0.6) is 0 Å². The first-order valence-electron chi connectivity index (χ1n) is 7.27. The molecule has 0 aliphatic heterocycles. The van der Waals surface area contributed by atoms with E-state index >= 15 is 0 Å². The lowest BCUT2D eigenvalue weighted by atomic mass is 10.3. The van der Waals surface area contributed by atoms with Crippen LogP contribution in [0.3, 0.4) is 0 Å². The average molecular weight is 344 g/mol. The van der Waals surface area contributed by atoms with Crippen LogP contribution in [0.15, 0.2) is 78.2 Å². The Hall–Kier alpha value is -1.71. The second-order valence-corrected chi connectivity index (χ2v) is 8.42. The normalized spacial score (nSPS) is 12.9. The molecule has 1 heterocycles. The molecule has 0 bridgehead atoms. The third-order valence-electron chi connectivity index (χ3n) is 3.48. The van der Waals surface area contributed by atoms with E-state index in [1.165, 1.54) is 11.3 Å². The number of thiophene rings is 1. The third-order valence-corrected chi connectivity index (χ3v) is 6.92. The van der Waals surface area contributed by atoms with Crippen molar-refractivity contribution in [1.82, 2.24) is 0 Å². The summed E-state index contributed by atoms with van der Waals surface area (Å²) in [4.78, 5) is 0.803. The summed E-state index contributed by atoms with van der Waals surface area (Å²) in [5.74, 6) is 0. The van der Waals surface area contributed by atoms with Crippen LogP contribution in [0.1, 0.15) is 11.0 Å². The van der Waals surface area contributed by atoms with Crippen molar-refractivity contribution in [2.75, 3.05) is 6.61 Å². The van der Waals surface area contributed by atoms with Crippen molar-refractivity contribution in [3.05, 3.63) is 83.1 Å². The van der Waals surface area contributed by atoms with Crippen molar-refractivity contribution < 1.29 is 14.2 Å². The summed E-state index contributed by atoms with van der Waals surface area (Å²) in [6, 6.07) is 22.0. The van der Waals surface area contributed by atoms with E-state index in [-0.39, 0.29) is 6.61 Å². The topological polar surface area (TPSA) is 46.5 Å². The molecule has 2 aromatic carbocycles. The van der Waals surface area contributed by atoms with Gasteiger partial charge in [-0.25, -0.2) is 0 Å². The molecule has 0 fully saturated rings. The maximum absolute atomic E-state index is 13.6. The molecule has 3 rings (SSSR count). The molecule has 0 saturated heterocycles. The molecular weight excluding hydrogens is 327 g/mol. The van der Waals surface area contributed by atoms with E-state index in [0.717, 1.165) is 4.88 Å². The third kappa shape index (κ3) is 3.62. The molecule has 0 unspecified atom stereocenters. The summed E-state index contributed by atoms with van der Waals surface area (Å²) < 4.78 is 19.4. The average Bonchev–Trinajstić information content (AvgIpc) is 3.16. The number of hydrogen-bond acceptors (Lipinski definition) is 4. The molecule has 23 heavy (non-hydrogen) atoms. The second kappa shape index (κ2) is 7.24. The van der Waals surface area contributed by atoms with E-state index < -0.39 is 13.5 Å². The lowest BCUT2D eigenvalue weighted by Gasteiger charge is -2.21. The van der Waals surface area contributed by atoms with Crippen LogP contribution in [0.25, 0.3) is 0 Å². The van der Waals surface area contributed by atoms with Gasteiger partial charge in [-0.3, -0.25) is 4.57 Å². The van der Waals surface area contributed by atoms with Gasteiger partial charge in [0.05, 0.1) is 6.61 Å². The predicted molar refractivity (Wildman–Crippen MR) is 95.0 cm³/mol. The minimum absolute atomic E-state index is 0.0123. The zero-order chi connectivity index (χ0) is 16.1. The van der Waals surface area contributed by atoms with E-state index in [4.69, 9.17) is 4.52 Å². The summed E-state index contributed by atoms with van der Waals surface area (Å²) in [5.41, 5.74) is 0. The SMILES string of the molecule is O=P(OC[C@H](O)c1cccs1)(c1ccccc1)c1ccccc1. The van der Waals surface area contributed by atoms with Crippen LogP contribution in [0.2, 0.25) is 0 Å². The Morgan fingerprint density at radius 2 is 1.48 bits per heavy atom. The molecule has 1 aromatic heterocycles. The van der Waals surface area contributed by atoms with Crippen LogP contribution < -0.4 is 10.6 Å². The van der Waals surface area contributed by atoms with Gasteiger partial charge in [0, 0.05) is 15.5 Å². The Balaban J connectivity index is 1.89. The maximum atomic E-state index is 13.6. The van der Waals surface area contributed by atoms with Gasteiger partial charge in [-0.2, -0.15) is 0 Å². The van der Waals surface area contributed by atoms with Crippen molar-refractivity contribution >= 4 is 29.3 Å². The molecule has 5 heteroatoms. The Kier molecular flexibility index (Phi) is 5.09. The molecule has 3 aromatic rings. The predicted octanol–water partition coefficient (Wildman–Crippen LogP) is 3.73. The minimum Gasteiger partial charge on any atom is -0.385 e. The molecule has 0 aliphatic carbocycles. The molecule has 0 aliphatic rings. The van der Waals surface area contributed by atoms with E-state index in [9.17, 15) is 9.67 Å². The molecule has 118 valence electrons. The maximum Gasteiger partial charge on any atom is 0.261 e. The van der Waals surface area contributed by atoms with Crippen LogP contribution in [0.4, 0.5) is 0 Å². The monoisotopic (exact) mass is 344 g/mol. The summed E-state index contributed by atoms with van der Waals surface area (Å²) >= 11 is 1.45. The Morgan fingerprint density at radius 3 is 1.96 bits per heavy atom. The van der Waals surface area contributed by atoms with E-state index in [1.807, 2.05) is 53.9 Å². The number of aliphatic hydroxyl groups is 1. The Labute approximate surface area is 139 Å². The van der Waals surface area contributed by atoms with Crippen molar-refractivity contribution in [2.24, 2.45) is 0 Å². The first-order chi connectivity index (χ1) is 11.2. The van der Waals surface area contributed by atoms with Crippen LogP contribution in [-0.2, 0) is 9.09 Å². The first kappa shape index (κ1) is 16.2. The smallest absolute Gasteiger partial charge is 0.261 e.